The summed E-state index contributed by atoms with van der Waals surface area (Å²) < 4.78 is 0. The normalized spacial score (nSPS) is 21.2. The van der Waals surface area contributed by atoms with Crippen LogP contribution in [0.2, 0.25) is 0 Å². The SMILES string of the molecule is CN1CC(=O)Nc2ccc(C3(CN)CCCC3)cc21. The van der Waals surface area contributed by atoms with Crippen molar-refractivity contribution in [2.75, 3.05) is 30.4 Å². The fourth-order valence-electron chi connectivity index (χ4n) is 3.44. The molecule has 4 heteroatoms. The summed E-state index contributed by atoms with van der Waals surface area (Å²) in [4.78, 5) is 13.5. The summed E-state index contributed by atoms with van der Waals surface area (Å²) in [6.45, 7) is 1.13. The molecule has 0 aromatic heterocycles. The highest BCUT2D eigenvalue weighted by Gasteiger charge is 2.35. The van der Waals surface area contributed by atoms with Gasteiger partial charge in [0.1, 0.15) is 0 Å². The van der Waals surface area contributed by atoms with Crippen LogP contribution in [0.5, 0.6) is 0 Å². The molecule has 1 saturated carbocycles. The van der Waals surface area contributed by atoms with Crippen LogP contribution in [-0.4, -0.2) is 26.0 Å². The second kappa shape index (κ2) is 4.53. The third kappa shape index (κ3) is 2.00. The summed E-state index contributed by atoms with van der Waals surface area (Å²) >= 11 is 0. The van der Waals surface area contributed by atoms with Crippen LogP contribution in [0.4, 0.5) is 11.4 Å². The number of hydrogen-bond acceptors (Lipinski definition) is 3. The summed E-state index contributed by atoms with van der Waals surface area (Å²) in [5, 5.41) is 2.93. The smallest absolute Gasteiger partial charge is 0.243 e. The van der Waals surface area contributed by atoms with Gasteiger partial charge < -0.3 is 16.0 Å². The lowest BCUT2D eigenvalue weighted by molar-refractivity contribution is -0.115. The number of rotatable bonds is 2. The van der Waals surface area contributed by atoms with Gasteiger partial charge in [-0.1, -0.05) is 18.9 Å². The molecule has 1 amide bonds. The number of likely N-dealkylation sites (N-methyl/N-ethyl adjacent to an activating group) is 1. The molecule has 0 bridgehead atoms. The highest BCUT2D eigenvalue weighted by atomic mass is 16.2. The van der Waals surface area contributed by atoms with E-state index in [-0.39, 0.29) is 11.3 Å². The number of anilines is 2. The first-order valence-electron chi connectivity index (χ1n) is 7.00. The predicted molar refractivity (Wildman–Crippen MR) is 77.5 cm³/mol. The first kappa shape index (κ1) is 12.5. The van der Waals surface area contributed by atoms with Gasteiger partial charge in [-0.25, -0.2) is 0 Å². The summed E-state index contributed by atoms with van der Waals surface area (Å²) in [6, 6.07) is 6.37. The van der Waals surface area contributed by atoms with E-state index in [2.05, 4.69) is 17.4 Å². The Morgan fingerprint density at radius 2 is 2.11 bits per heavy atom. The molecule has 2 aliphatic rings. The zero-order valence-corrected chi connectivity index (χ0v) is 11.4. The van der Waals surface area contributed by atoms with Crippen molar-refractivity contribution in [1.29, 1.82) is 0 Å². The number of nitrogens with one attached hydrogen (secondary N) is 1. The van der Waals surface area contributed by atoms with E-state index in [1.54, 1.807) is 0 Å². The monoisotopic (exact) mass is 259 g/mol. The van der Waals surface area contributed by atoms with Gasteiger partial charge in [0.2, 0.25) is 5.91 Å². The molecule has 0 unspecified atom stereocenters. The van der Waals surface area contributed by atoms with Crippen LogP contribution in [0.25, 0.3) is 0 Å². The molecule has 4 nitrogen and oxygen atoms in total. The van der Waals surface area contributed by atoms with Crippen molar-refractivity contribution in [3.05, 3.63) is 23.8 Å². The van der Waals surface area contributed by atoms with Crippen LogP contribution in [0, 0.1) is 0 Å². The Morgan fingerprint density at radius 3 is 2.79 bits per heavy atom. The average molecular weight is 259 g/mol. The van der Waals surface area contributed by atoms with Gasteiger partial charge >= 0.3 is 0 Å². The van der Waals surface area contributed by atoms with Crippen molar-refractivity contribution < 1.29 is 4.79 Å². The number of fused-ring (bicyclic) bond motifs is 1. The van der Waals surface area contributed by atoms with Crippen LogP contribution >= 0.6 is 0 Å². The first-order chi connectivity index (χ1) is 9.14. The summed E-state index contributed by atoms with van der Waals surface area (Å²) in [6.07, 6.45) is 4.89. The summed E-state index contributed by atoms with van der Waals surface area (Å²) in [5.41, 5.74) is 9.55. The van der Waals surface area contributed by atoms with E-state index in [1.807, 2.05) is 18.0 Å². The molecule has 19 heavy (non-hydrogen) atoms. The molecule has 0 atom stereocenters. The highest BCUT2D eigenvalue weighted by Crippen LogP contribution is 2.42. The molecule has 3 rings (SSSR count). The zero-order valence-electron chi connectivity index (χ0n) is 11.4. The number of nitrogens with zero attached hydrogens (tertiary/aromatic N) is 1. The van der Waals surface area contributed by atoms with Gasteiger partial charge in [0, 0.05) is 19.0 Å². The van der Waals surface area contributed by atoms with E-state index in [9.17, 15) is 4.79 Å². The summed E-state index contributed by atoms with van der Waals surface area (Å²) in [5.74, 6) is 0.0529. The molecule has 1 aromatic rings. The minimum atomic E-state index is 0.0529. The molecule has 0 saturated heterocycles. The molecular weight excluding hydrogens is 238 g/mol. The lowest BCUT2D eigenvalue weighted by Crippen LogP contribution is -2.36. The Labute approximate surface area is 114 Å². The second-order valence-corrected chi connectivity index (χ2v) is 5.83. The van der Waals surface area contributed by atoms with Crippen LogP contribution in [0.15, 0.2) is 18.2 Å². The number of nitrogens with two attached hydrogens (primary N) is 1. The number of benzene rings is 1. The number of carbonyl (C=O) groups excluding carboxylic acids is 1. The molecule has 1 aromatic carbocycles. The van der Waals surface area contributed by atoms with Gasteiger partial charge in [-0.05, 0) is 30.5 Å². The first-order valence-corrected chi connectivity index (χ1v) is 7.00. The standard InChI is InChI=1S/C15H21N3O/c1-18-9-14(19)17-12-5-4-11(8-13(12)18)15(10-16)6-2-3-7-15/h4-5,8H,2-3,6-7,9-10,16H2,1H3,(H,17,19). The Hall–Kier alpha value is -1.55. The van der Waals surface area contributed by atoms with Crippen LogP contribution < -0.4 is 16.0 Å². The Morgan fingerprint density at radius 1 is 1.37 bits per heavy atom. The fourth-order valence-corrected chi connectivity index (χ4v) is 3.44. The third-order valence-corrected chi connectivity index (χ3v) is 4.63. The van der Waals surface area contributed by atoms with Crippen molar-refractivity contribution in [1.82, 2.24) is 0 Å². The van der Waals surface area contributed by atoms with E-state index in [0.29, 0.717) is 13.1 Å². The Bertz CT molecular complexity index is 506. The third-order valence-electron chi connectivity index (χ3n) is 4.63. The zero-order chi connectivity index (χ0) is 13.5. The molecule has 3 N–H and O–H groups in total. The number of amides is 1. The topological polar surface area (TPSA) is 58.4 Å². The van der Waals surface area contributed by atoms with Crippen LogP contribution in [0.3, 0.4) is 0 Å². The van der Waals surface area contributed by atoms with E-state index < -0.39 is 0 Å². The molecule has 1 aliphatic carbocycles. The Kier molecular flexibility index (Phi) is 2.97. The molecule has 1 fully saturated rings. The van der Waals surface area contributed by atoms with Gasteiger partial charge in [-0.3, -0.25) is 4.79 Å². The van der Waals surface area contributed by atoms with Crippen molar-refractivity contribution >= 4 is 17.3 Å². The predicted octanol–water partition coefficient (Wildman–Crippen LogP) is 1.85. The molecule has 102 valence electrons. The Balaban J connectivity index is 2.01. The molecule has 0 radical (unpaired) electrons. The number of hydrogen-bond donors (Lipinski definition) is 2. The fraction of sp³-hybridized carbons (Fsp3) is 0.533. The minimum Gasteiger partial charge on any atom is -0.364 e. The van der Waals surface area contributed by atoms with Gasteiger partial charge in [-0.15, -0.1) is 0 Å². The van der Waals surface area contributed by atoms with Crippen LogP contribution in [-0.2, 0) is 10.2 Å². The van der Waals surface area contributed by atoms with Gasteiger partial charge in [0.25, 0.3) is 0 Å². The summed E-state index contributed by atoms with van der Waals surface area (Å²) in [7, 11) is 1.96. The maximum atomic E-state index is 11.5. The van der Waals surface area contributed by atoms with E-state index in [4.69, 9.17) is 5.73 Å². The molecular formula is C15H21N3O. The lowest BCUT2D eigenvalue weighted by Gasteiger charge is -2.32. The molecule has 1 aliphatic heterocycles. The van der Waals surface area contributed by atoms with Crippen molar-refractivity contribution in [2.45, 2.75) is 31.1 Å². The molecule has 1 heterocycles. The maximum absolute atomic E-state index is 11.5. The lowest BCUT2D eigenvalue weighted by atomic mass is 9.78. The maximum Gasteiger partial charge on any atom is 0.243 e. The van der Waals surface area contributed by atoms with Gasteiger partial charge in [0.15, 0.2) is 0 Å². The number of carbonyl (C=O) groups is 1. The second-order valence-electron chi connectivity index (χ2n) is 5.83. The molecule has 0 spiro atoms. The van der Waals surface area contributed by atoms with E-state index in [0.717, 1.165) is 11.4 Å². The van der Waals surface area contributed by atoms with Crippen molar-refractivity contribution in [3.8, 4) is 0 Å². The largest absolute Gasteiger partial charge is 0.364 e. The van der Waals surface area contributed by atoms with E-state index in [1.165, 1.54) is 31.2 Å². The van der Waals surface area contributed by atoms with Crippen molar-refractivity contribution in [3.63, 3.8) is 0 Å². The quantitative estimate of drug-likeness (QED) is 0.852. The average Bonchev–Trinajstić information content (AvgIpc) is 2.88. The highest BCUT2D eigenvalue weighted by molar-refractivity contribution is 6.01. The van der Waals surface area contributed by atoms with E-state index >= 15 is 0 Å². The van der Waals surface area contributed by atoms with Gasteiger partial charge in [-0.2, -0.15) is 0 Å². The van der Waals surface area contributed by atoms with Crippen molar-refractivity contribution in [2.24, 2.45) is 5.73 Å². The van der Waals surface area contributed by atoms with Crippen LogP contribution in [0.1, 0.15) is 31.2 Å². The minimum absolute atomic E-state index is 0.0529. The van der Waals surface area contributed by atoms with Gasteiger partial charge in [0.05, 0.1) is 17.9 Å².